The molecule has 0 saturated heterocycles. The van der Waals surface area contributed by atoms with Crippen LogP contribution in [0.25, 0.3) is 0 Å². The standard InChI is InChI=1S/C18H26O3/c1-3-9-16(17(19)21-4-2)18(20)13-8-7-11-14-10-5-6-12-15(14)18/h5-6,10,12,16,20H,3-4,7-9,11,13H2,1-2H3. The van der Waals surface area contributed by atoms with Gasteiger partial charge in [-0.1, -0.05) is 37.6 Å². The van der Waals surface area contributed by atoms with Crippen molar-refractivity contribution >= 4 is 5.97 Å². The topological polar surface area (TPSA) is 46.5 Å². The van der Waals surface area contributed by atoms with Gasteiger partial charge in [0.15, 0.2) is 0 Å². The van der Waals surface area contributed by atoms with Crippen molar-refractivity contribution in [2.75, 3.05) is 6.61 Å². The summed E-state index contributed by atoms with van der Waals surface area (Å²) in [4.78, 5) is 12.4. The maximum Gasteiger partial charge on any atom is 0.312 e. The smallest absolute Gasteiger partial charge is 0.312 e. The summed E-state index contributed by atoms with van der Waals surface area (Å²) in [5, 5.41) is 11.4. The molecular formula is C18H26O3. The molecule has 0 fully saturated rings. The molecule has 0 saturated carbocycles. The Hall–Kier alpha value is -1.35. The quantitative estimate of drug-likeness (QED) is 0.666. The minimum Gasteiger partial charge on any atom is -0.466 e. The highest BCUT2D eigenvalue weighted by Gasteiger charge is 2.44. The van der Waals surface area contributed by atoms with Crippen LogP contribution < -0.4 is 0 Å². The third-order valence-electron chi connectivity index (χ3n) is 4.46. The molecule has 1 aromatic carbocycles. The fraction of sp³-hybridized carbons (Fsp3) is 0.611. The second-order valence-corrected chi connectivity index (χ2v) is 5.88. The van der Waals surface area contributed by atoms with Gasteiger partial charge in [0.25, 0.3) is 0 Å². The SMILES string of the molecule is CCCC(C(=O)OCC)C1(O)CCCCc2ccccc21. The van der Waals surface area contributed by atoms with Gasteiger partial charge in [0.1, 0.15) is 5.60 Å². The van der Waals surface area contributed by atoms with Gasteiger partial charge in [-0.05, 0) is 50.2 Å². The van der Waals surface area contributed by atoms with Crippen molar-refractivity contribution < 1.29 is 14.6 Å². The van der Waals surface area contributed by atoms with Crippen molar-refractivity contribution in [3.63, 3.8) is 0 Å². The number of hydrogen-bond donors (Lipinski definition) is 1. The van der Waals surface area contributed by atoms with Crippen molar-refractivity contribution in [1.82, 2.24) is 0 Å². The van der Waals surface area contributed by atoms with Crippen LogP contribution in [0.4, 0.5) is 0 Å². The number of esters is 1. The van der Waals surface area contributed by atoms with Crippen LogP contribution in [0.2, 0.25) is 0 Å². The average molecular weight is 290 g/mol. The Bertz CT molecular complexity index is 483. The van der Waals surface area contributed by atoms with Gasteiger partial charge >= 0.3 is 5.97 Å². The minimum atomic E-state index is -1.09. The Morgan fingerprint density at radius 2 is 2.10 bits per heavy atom. The molecule has 2 unspecified atom stereocenters. The van der Waals surface area contributed by atoms with E-state index in [-0.39, 0.29) is 5.97 Å². The molecule has 1 aliphatic carbocycles. The van der Waals surface area contributed by atoms with Crippen molar-refractivity contribution in [2.24, 2.45) is 5.92 Å². The summed E-state index contributed by atoms with van der Waals surface area (Å²) in [5.41, 5.74) is 1.01. The van der Waals surface area contributed by atoms with E-state index in [0.717, 1.165) is 31.2 Å². The lowest BCUT2D eigenvalue weighted by atomic mass is 9.75. The van der Waals surface area contributed by atoms with Gasteiger partial charge in [-0.15, -0.1) is 0 Å². The maximum absolute atomic E-state index is 12.4. The van der Waals surface area contributed by atoms with E-state index in [9.17, 15) is 9.90 Å². The van der Waals surface area contributed by atoms with Crippen LogP contribution in [0.15, 0.2) is 24.3 Å². The van der Waals surface area contributed by atoms with Crippen LogP contribution in [0.5, 0.6) is 0 Å². The first kappa shape index (κ1) is 16.0. The Balaban J connectivity index is 2.43. The van der Waals surface area contributed by atoms with Crippen LogP contribution in [0, 0.1) is 5.92 Å². The summed E-state index contributed by atoms with van der Waals surface area (Å²) < 4.78 is 5.23. The van der Waals surface area contributed by atoms with E-state index in [1.807, 2.05) is 32.0 Å². The number of fused-ring (bicyclic) bond motifs is 1. The van der Waals surface area contributed by atoms with E-state index < -0.39 is 11.5 Å². The van der Waals surface area contributed by atoms with Gasteiger partial charge in [0, 0.05) is 0 Å². The second-order valence-electron chi connectivity index (χ2n) is 5.88. The summed E-state index contributed by atoms with van der Waals surface area (Å²) in [6.45, 7) is 4.21. The molecular weight excluding hydrogens is 264 g/mol. The largest absolute Gasteiger partial charge is 0.466 e. The van der Waals surface area contributed by atoms with Crippen molar-refractivity contribution in [1.29, 1.82) is 0 Å². The summed E-state index contributed by atoms with van der Waals surface area (Å²) in [7, 11) is 0. The van der Waals surface area contributed by atoms with E-state index in [2.05, 4.69) is 6.07 Å². The molecule has 21 heavy (non-hydrogen) atoms. The van der Waals surface area contributed by atoms with E-state index in [1.165, 1.54) is 5.56 Å². The first-order chi connectivity index (χ1) is 10.1. The second kappa shape index (κ2) is 7.08. The van der Waals surface area contributed by atoms with Crippen LogP contribution in [0.1, 0.15) is 57.1 Å². The molecule has 0 amide bonds. The first-order valence-electron chi connectivity index (χ1n) is 8.10. The van der Waals surface area contributed by atoms with Crippen LogP contribution in [0.3, 0.4) is 0 Å². The van der Waals surface area contributed by atoms with Crippen molar-refractivity contribution in [3.05, 3.63) is 35.4 Å². The monoisotopic (exact) mass is 290 g/mol. The Kier molecular flexibility index (Phi) is 5.40. The highest BCUT2D eigenvalue weighted by Crippen LogP contribution is 2.42. The number of rotatable bonds is 5. The molecule has 1 N–H and O–H groups in total. The lowest BCUT2D eigenvalue weighted by Crippen LogP contribution is -2.41. The zero-order valence-corrected chi connectivity index (χ0v) is 13.1. The number of carbonyl (C=O) groups is 1. The third kappa shape index (κ3) is 3.29. The van der Waals surface area contributed by atoms with Gasteiger partial charge in [-0.3, -0.25) is 4.79 Å². The fourth-order valence-corrected chi connectivity index (χ4v) is 3.45. The molecule has 0 radical (unpaired) electrons. The molecule has 0 aromatic heterocycles. The van der Waals surface area contributed by atoms with E-state index in [1.54, 1.807) is 0 Å². The zero-order valence-electron chi connectivity index (χ0n) is 13.1. The molecule has 3 nitrogen and oxygen atoms in total. The highest BCUT2D eigenvalue weighted by atomic mass is 16.5. The molecule has 0 spiro atoms. The summed E-state index contributed by atoms with van der Waals surface area (Å²) in [6, 6.07) is 8.00. The molecule has 1 aromatic rings. The lowest BCUT2D eigenvalue weighted by molar-refractivity contribution is -0.160. The summed E-state index contributed by atoms with van der Waals surface area (Å²) >= 11 is 0. The van der Waals surface area contributed by atoms with E-state index in [0.29, 0.717) is 19.4 Å². The Labute approximate surface area is 127 Å². The molecule has 2 atom stereocenters. The summed E-state index contributed by atoms with van der Waals surface area (Å²) in [6.07, 6.45) is 5.11. The molecule has 0 heterocycles. The zero-order chi connectivity index (χ0) is 15.3. The molecule has 2 rings (SSSR count). The third-order valence-corrected chi connectivity index (χ3v) is 4.46. The van der Waals surface area contributed by atoms with Gasteiger partial charge < -0.3 is 9.84 Å². The number of carbonyl (C=O) groups excluding carboxylic acids is 1. The van der Waals surface area contributed by atoms with Crippen LogP contribution in [-0.2, 0) is 21.6 Å². The lowest BCUT2D eigenvalue weighted by Gasteiger charge is -2.35. The predicted molar refractivity (Wildman–Crippen MR) is 82.9 cm³/mol. The average Bonchev–Trinajstić information content (AvgIpc) is 2.65. The number of aliphatic hydroxyl groups is 1. The number of hydrogen-bond acceptors (Lipinski definition) is 3. The number of ether oxygens (including phenoxy) is 1. The molecule has 1 aliphatic rings. The predicted octanol–water partition coefficient (Wildman–Crippen LogP) is 3.58. The maximum atomic E-state index is 12.4. The fourth-order valence-electron chi connectivity index (χ4n) is 3.45. The molecule has 116 valence electrons. The number of aryl methyl sites for hydroxylation is 1. The molecule has 0 aliphatic heterocycles. The van der Waals surface area contributed by atoms with Gasteiger partial charge in [0.05, 0.1) is 12.5 Å². The molecule has 3 heteroatoms. The minimum absolute atomic E-state index is 0.265. The Morgan fingerprint density at radius 3 is 2.81 bits per heavy atom. The van der Waals surface area contributed by atoms with Crippen molar-refractivity contribution in [2.45, 2.75) is 58.0 Å². The van der Waals surface area contributed by atoms with Gasteiger partial charge in [-0.25, -0.2) is 0 Å². The van der Waals surface area contributed by atoms with E-state index >= 15 is 0 Å². The van der Waals surface area contributed by atoms with Crippen LogP contribution in [-0.4, -0.2) is 17.7 Å². The first-order valence-corrected chi connectivity index (χ1v) is 8.10. The van der Waals surface area contributed by atoms with Gasteiger partial charge in [0.2, 0.25) is 0 Å². The van der Waals surface area contributed by atoms with Crippen molar-refractivity contribution in [3.8, 4) is 0 Å². The van der Waals surface area contributed by atoms with E-state index in [4.69, 9.17) is 4.74 Å². The number of benzene rings is 1. The van der Waals surface area contributed by atoms with Gasteiger partial charge in [-0.2, -0.15) is 0 Å². The Morgan fingerprint density at radius 1 is 1.33 bits per heavy atom. The molecule has 0 bridgehead atoms. The summed E-state index contributed by atoms with van der Waals surface area (Å²) in [5.74, 6) is -0.736. The normalized spacial score (nSPS) is 23.0. The highest BCUT2D eigenvalue weighted by molar-refractivity contribution is 5.74. The van der Waals surface area contributed by atoms with Crippen LogP contribution >= 0.6 is 0 Å².